The van der Waals surface area contributed by atoms with Crippen molar-refractivity contribution in [3.8, 4) is 0 Å². The van der Waals surface area contributed by atoms with Crippen molar-refractivity contribution >= 4 is 18.2 Å². The van der Waals surface area contributed by atoms with Crippen LogP contribution in [0, 0.1) is 22.4 Å². The molecule has 2 aliphatic carbocycles. The molecular formula is C31H27NO2S. The minimum absolute atomic E-state index is 0.0229. The average molecular weight is 478 g/mol. The second-order valence-corrected chi connectivity index (χ2v) is 10.2. The Morgan fingerprint density at radius 2 is 1.40 bits per heavy atom. The first-order valence-corrected chi connectivity index (χ1v) is 12.7. The van der Waals surface area contributed by atoms with Gasteiger partial charge < -0.3 is 4.84 Å². The smallest absolute Gasteiger partial charge is 0.335 e. The molecule has 0 spiro atoms. The van der Waals surface area contributed by atoms with Crippen molar-refractivity contribution in [2.45, 2.75) is 24.2 Å². The zero-order chi connectivity index (χ0) is 23.8. The van der Waals surface area contributed by atoms with E-state index < -0.39 is 0 Å². The minimum atomic E-state index is -0.312. The maximum atomic E-state index is 13.5. The molecule has 1 unspecified atom stereocenters. The molecule has 1 heterocycles. The van der Waals surface area contributed by atoms with Crippen LogP contribution in [0.5, 0.6) is 0 Å². The van der Waals surface area contributed by atoms with Gasteiger partial charge in [0.25, 0.3) is 0 Å². The Bertz CT molecular complexity index is 1340. The molecule has 4 aromatic rings. The molecule has 0 amide bonds. The summed E-state index contributed by atoms with van der Waals surface area (Å²) >= 11 is 5.35. The van der Waals surface area contributed by atoms with Crippen LogP contribution < -0.4 is 4.84 Å². The van der Waals surface area contributed by atoms with Gasteiger partial charge in [0.15, 0.2) is 0 Å². The molecule has 35 heavy (non-hydrogen) atoms. The van der Waals surface area contributed by atoms with Crippen LogP contribution in [0.15, 0.2) is 115 Å². The quantitative estimate of drug-likeness (QED) is 0.281. The summed E-state index contributed by atoms with van der Waals surface area (Å²) in [6.45, 7) is 0. The van der Waals surface area contributed by atoms with Crippen molar-refractivity contribution in [1.29, 1.82) is 0 Å². The van der Waals surface area contributed by atoms with Gasteiger partial charge in [-0.1, -0.05) is 109 Å². The van der Waals surface area contributed by atoms with E-state index in [0.717, 1.165) is 18.4 Å². The minimum Gasteiger partial charge on any atom is -0.335 e. The molecule has 0 radical (unpaired) electrons. The van der Waals surface area contributed by atoms with Crippen LogP contribution in [0.1, 0.15) is 35.4 Å². The van der Waals surface area contributed by atoms with Crippen LogP contribution in [0.2, 0.25) is 0 Å². The fourth-order valence-electron chi connectivity index (χ4n) is 6.05. The molecule has 6 rings (SSSR count). The SMILES string of the molecule is O=C(On1ccccc1=S)C(c1ccccc1)[C@H]1C[C@@H]1[C@H]1CC1(c1ccccc1)c1ccccc1. The maximum absolute atomic E-state index is 13.5. The molecule has 2 fully saturated rings. The van der Waals surface area contributed by atoms with Gasteiger partial charge in [0, 0.05) is 11.6 Å². The predicted molar refractivity (Wildman–Crippen MR) is 139 cm³/mol. The number of hydrogen-bond donors (Lipinski definition) is 0. The molecule has 2 saturated carbocycles. The normalized spacial score (nSPS) is 22.7. The Hall–Kier alpha value is -3.50. The van der Waals surface area contributed by atoms with Gasteiger partial charge in [-0.2, -0.15) is 4.73 Å². The monoisotopic (exact) mass is 477 g/mol. The van der Waals surface area contributed by atoms with E-state index in [4.69, 9.17) is 17.1 Å². The Labute approximate surface area is 211 Å². The summed E-state index contributed by atoms with van der Waals surface area (Å²) in [5.74, 6) is 0.680. The third-order valence-corrected chi connectivity index (χ3v) is 8.13. The first kappa shape index (κ1) is 22.0. The summed E-state index contributed by atoms with van der Waals surface area (Å²) in [6.07, 6.45) is 3.84. The maximum Gasteiger partial charge on any atom is 0.340 e. The van der Waals surface area contributed by atoms with Crippen molar-refractivity contribution in [2.75, 3.05) is 0 Å². The summed E-state index contributed by atoms with van der Waals surface area (Å²) in [6, 6.07) is 37.2. The van der Waals surface area contributed by atoms with Gasteiger partial charge in [0.2, 0.25) is 0 Å². The van der Waals surface area contributed by atoms with E-state index in [0.29, 0.717) is 16.5 Å². The van der Waals surface area contributed by atoms with Gasteiger partial charge in [0.05, 0.1) is 5.92 Å². The number of rotatable bonds is 7. The topological polar surface area (TPSA) is 31.2 Å². The van der Waals surface area contributed by atoms with Crippen LogP contribution in [0.25, 0.3) is 0 Å². The Kier molecular flexibility index (Phi) is 5.62. The molecule has 0 saturated heterocycles. The zero-order valence-corrected chi connectivity index (χ0v) is 20.2. The Morgan fingerprint density at radius 3 is 2.00 bits per heavy atom. The summed E-state index contributed by atoms with van der Waals surface area (Å²) in [4.78, 5) is 19.4. The van der Waals surface area contributed by atoms with Gasteiger partial charge in [-0.3, -0.25) is 0 Å². The van der Waals surface area contributed by atoms with Crippen LogP contribution in [0.3, 0.4) is 0 Å². The first-order valence-electron chi connectivity index (χ1n) is 12.2. The standard InChI is InChI=1S/C31H27NO2S/c33-30(34-32-19-11-10-18-28(32)35)29(22-12-4-1-5-13-22)26-20-25(26)27-21-31(27,23-14-6-2-7-15-23)24-16-8-3-9-17-24/h1-19,25-27,29H,20-21H2/t25-,26-,27+,29?/m0/s1. The highest BCUT2D eigenvalue weighted by atomic mass is 32.1. The molecule has 0 aliphatic heterocycles. The molecule has 3 aromatic carbocycles. The largest absolute Gasteiger partial charge is 0.340 e. The Balaban J connectivity index is 1.31. The summed E-state index contributed by atoms with van der Waals surface area (Å²) in [7, 11) is 0. The molecule has 0 bridgehead atoms. The summed E-state index contributed by atoms with van der Waals surface area (Å²) in [5, 5.41) is 0. The van der Waals surface area contributed by atoms with Gasteiger partial charge in [0.1, 0.15) is 4.64 Å². The number of carbonyl (C=O) groups is 1. The lowest BCUT2D eigenvalue weighted by atomic mass is 9.83. The van der Waals surface area contributed by atoms with E-state index in [9.17, 15) is 4.79 Å². The van der Waals surface area contributed by atoms with E-state index in [2.05, 4.69) is 60.7 Å². The Morgan fingerprint density at radius 1 is 0.829 bits per heavy atom. The molecule has 2 aliphatic rings. The van der Waals surface area contributed by atoms with Crippen LogP contribution >= 0.6 is 12.2 Å². The highest BCUT2D eigenvalue weighted by Gasteiger charge is 2.66. The lowest BCUT2D eigenvalue weighted by Crippen LogP contribution is -2.28. The van der Waals surface area contributed by atoms with Gasteiger partial charge >= 0.3 is 5.97 Å². The second kappa shape index (κ2) is 8.94. The molecule has 1 aromatic heterocycles. The van der Waals surface area contributed by atoms with Crippen molar-refractivity contribution < 1.29 is 9.63 Å². The van der Waals surface area contributed by atoms with Crippen LogP contribution in [-0.2, 0) is 10.2 Å². The number of carbonyl (C=O) groups excluding carboxylic acids is 1. The highest BCUT2D eigenvalue weighted by Crippen LogP contribution is 2.70. The van der Waals surface area contributed by atoms with E-state index in [1.807, 2.05) is 42.5 Å². The van der Waals surface area contributed by atoms with Gasteiger partial charge in [-0.25, -0.2) is 4.79 Å². The molecule has 174 valence electrons. The van der Waals surface area contributed by atoms with Crippen molar-refractivity contribution in [3.63, 3.8) is 0 Å². The summed E-state index contributed by atoms with van der Waals surface area (Å²) < 4.78 is 1.88. The van der Waals surface area contributed by atoms with E-state index in [1.54, 1.807) is 12.3 Å². The molecule has 4 heteroatoms. The number of aromatic nitrogens is 1. The van der Waals surface area contributed by atoms with Crippen molar-refractivity contribution in [3.05, 3.63) is 137 Å². The van der Waals surface area contributed by atoms with Crippen LogP contribution in [0.4, 0.5) is 0 Å². The van der Waals surface area contributed by atoms with Crippen molar-refractivity contribution in [1.82, 2.24) is 4.73 Å². The van der Waals surface area contributed by atoms with Crippen molar-refractivity contribution in [2.24, 2.45) is 17.8 Å². The highest BCUT2D eigenvalue weighted by molar-refractivity contribution is 7.71. The summed E-state index contributed by atoms with van der Waals surface area (Å²) in [5.41, 5.74) is 3.78. The van der Waals surface area contributed by atoms with Crippen LogP contribution in [-0.4, -0.2) is 10.7 Å². The molecule has 3 nitrogen and oxygen atoms in total. The average Bonchev–Trinajstić information content (AvgIpc) is 3.82. The van der Waals surface area contributed by atoms with E-state index in [1.165, 1.54) is 15.9 Å². The number of hydrogen-bond acceptors (Lipinski definition) is 3. The van der Waals surface area contributed by atoms with Gasteiger partial charge in [-0.15, -0.1) is 0 Å². The second-order valence-electron chi connectivity index (χ2n) is 9.74. The fraction of sp³-hybridized carbons (Fsp3) is 0.226. The van der Waals surface area contributed by atoms with E-state index in [-0.39, 0.29) is 23.2 Å². The third-order valence-electron chi connectivity index (χ3n) is 7.82. The lowest BCUT2D eigenvalue weighted by molar-refractivity contribution is -0.147. The number of benzene rings is 3. The molecule has 0 N–H and O–H groups in total. The lowest BCUT2D eigenvalue weighted by Gasteiger charge is -2.21. The number of nitrogens with zero attached hydrogens (tertiary/aromatic N) is 1. The first-order chi connectivity index (χ1) is 17.2. The molecule has 4 atom stereocenters. The number of pyridine rings is 1. The fourth-order valence-corrected chi connectivity index (χ4v) is 6.22. The predicted octanol–water partition coefficient (Wildman–Crippen LogP) is 6.60. The van der Waals surface area contributed by atoms with Gasteiger partial charge in [-0.05, 0) is 59.4 Å². The third kappa shape index (κ3) is 4.02. The zero-order valence-electron chi connectivity index (χ0n) is 19.4. The molecular weight excluding hydrogens is 450 g/mol. The van der Waals surface area contributed by atoms with E-state index >= 15 is 0 Å².